The highest BCUT2D eigenvalue weighted by atomic mass is 35.5. The van der Waals surface area contributed by atoms with Crippen LogP contribution in [0, 0.1) is 6.92 Å². The molecular formula is C26H30ClN3O5. The lowest BCUT2D eigenvalue weighted by Crippen LogP contribution is -2.37. The summed E-state index contributed by atoms with van der Waals surface area (Å²) in [7, 11) is 4.60. The minimum atomic E-state index is -1.25. The lowest BCUT2D eigenvalue weighted by molar-refractivity contribution is -0.241. The van der Waals surface area contributed by atoms with Crippen molar-refractivity contribution in [1.82, 2.24) is 14.5 Å². The standard InChI is InChI=1S/C26H30ClN3O5/c1-19-16-30(18-29-19)23-8-7-20(15-24(23)32-2)14-21(6-5-11-27)25(31)35-17-26(33-3,34-4)22-9-12-28-13-10-22/h7-10,12-16,18H,5-6,11,17H2,1-4H3. The molecule has 0 radical (unpaired) electrons. The molecule has 9 heteroatoms. The first-order valence-corrected chi connectivity index (χ1v) is 11.6. The highest BCUT2D eigenvalue weighted by molar-refractivity contribution is 6.17. The van der Waals surface area contributed by atoms with Crippen molar-refractivity contribution < 1.29 is 23.7 Å². The first kappa shape index (κ1) is 26.4. The third kappa shape index (κ3) is 6.48. The molecule has 0 saturated carbocycles. The summed E-state index contributed by atoms with van der Waals surface area (Å²) in [4.78, 5) is 21.4. The van der Waals surface area contributed by atoms with Gasteiger partial charge in [-0.2, -0.15) is 0 Å². The molecule has 35 heavy (non-hydrogen) atoms. The Kier molecular flexibility index (Phi) is 9.42. The molecule has 0 aliphatic heterocycles. The highest BCUT2D eigenvalue weighted by Crippen LogP contribution is 2.28. The Morgan fingerprint density at radius 1 is 1.14 bits per heavy atom. The molecule has 0 unspecified atom stereocenters. The zero-order valence-corrected chi connectivity index (χ0v) is 21.1. The molecule has 1 aromatic carbocycles. The van der Waals surface area contributed by atoms with Crippen molar-refractivity contribution in [2.75, 3.05) is 33.8 Å². The predicted molar refractivity (Wildman–Crippen MR) is 134 cm³/mol. The monoisotopic (exact) mass is 499 g/mol. The van der Waals surface area contributed by atoms with Crippen LogP contribution in [0.15, 0.2) is 60.8 Å². The van der Waals surface area contributed by atoms with Crippen LogP contribution in [0.2, 0.25) is 0 Å². The van der Waals surface area contributed by atoms with Crippen molar-refractivity contribution in [1.29, 1.82) is 0 Å². The van der Waals surface area contributed by atoms with Gasteiger partial charge < -0.3 is 23.5 Å². The van der Waals surface area contributed by atoms with Crippen molar-refractivity contribution >= 4 is 23.6 Å². The van der Waals surface area contributed by atoms with Crippen LogP contribution in [0.3, 0.4) is 0 Å². The van der Waals surface area contributed by atoms with Crippen molar-refractivity contribution in [2.45, 2.75) is 25.6 Å². The number of halogens is 1. The highest BCUT2D eigenvalue weighted by Gasteiger charge is 2.34. The second-order valence-corrected chi connectivity index (χ2v) is 8.17. The third-order valence-corrected chi connectivity index (χ3v) is 5.82. The van der Waals surface area contributed by atoms with Gasteiger partial charge in [0.25, 0.3) is 0 Å². The van der Waals surface area contributed by atoms with Crippen molar-refractivity contribution in [3.05, 3.63) is 77.6 Å². The van der Waals surface area contributed by atoms with Crippen LogP contribution in [0.4, 0.5) is 0 Å². The van der Waals surface area contributed by atoms with E-state index in [1.165, 1.54) is 14.2 Å². The lowest BCUT2D eigenvalue weighted by atomic mass is 10.1. The minimum Gasteiger partial charge on any atom is -0.495 e. The molecule has 0 aliphatic carbocycles. The van der Waals surface area contributed by atoms with E-state index in [1.807, 2.05) is 35.9 Å². The average Bonchev–Trinajstić information content (AvgIpc) is 3.33. The Balaban J connectivity index is 1.85. The van der Waals surface area contributed by atoms with Crippen LogP contribution in [0.5, 0.6) is 5.75 Å². The molecule has 0 bridgehead atoms. The maximum atomic E-state index is 13.1. The van der Waals surface area contributed by atoms with Gasteiger partial charge in [-0.15, -0.1) is 11.6 Å². The Labute approximate surface area is 210 Å². The maximum absolute atomic E-state index is 13.1. The van der Waals surface area contributed by atoms with E-state index in [-0.39, 0.29) is 6.61 Å². The minimum absolute atomic E-state index is 0.136. The van der Waals surface area contributed by atoms with Crippen molar-refractivity contribution in [3.8, 4) is 11.4 Å². The number of carbonyl (C=O) groups excluding carboxylic acids is 1. The van der Waals surface area contributed by atoms with Gasteiger partial charge in [0.2, 0.25) is 5.79 Å². The Hall–Kier alpha value is -3.20. The summed E-state index contributed by atoms with van der Waals surface area (Å²) >= 11 is 5.91. The van der Waals surface area contributed by atoms with Crippen molar-refractivity contribution in [3.63, 3.8) is 0 Å². The van der Waals surface area contributed by atoms with Gasteiger partial charge in [0.05, 0.1) is 24.8 Å². The first-order valence-electron chi connectivity index (χ1n) is 11.1. The summed E-state index contributed by atoms with van der Waals surface area (Å²) in [6.07, 6.45) is 9.75. The SMILES string of the molecule is COc1cc(C=C(CCCCl)C(=O)OCC(OC)(OC)c2ccncc2)ccc1-n1cnc(C)c1. The summed E-state index contributed by atoms with van der Waals surface area (Å²) in [5.41, 5.74) is 3.71. The summed E-state index contributed by atoms with van der Waals surface area (Å²) in [5, 5.41) is 0. The number of hydrogen-bond donors (Lipinski definition) is 0. The van der Waals surface area contributed by atoms with E-state index in [0.29, 0.717) is 35.6 Å². The second-order valence-electron chi connectivity index (χ2n) is 7.79. The number of benzene rings is 1. The topological polar surface area (TPSA) is 84.7 Å². The summed E-state index contributed by atoms with van der Waals surface area (Å²) < 4.78 is 24.3. The van der Waals surface area contributed by atoms with E-state index >= 15 is 0 Å². The summed E-state index contributed by atoms with van der Waals surface area (Å²) in [6, 6.07) is 9.19. The molecule has 3 rings (SSSR count). The molecule has 0 aliphatic rings. The number of alkyl halides is 1. The number of esters is 1. The van der Waals surface area contributed by atoms with E-state index in [2.05, 4.69) is 9.97 Å². The number of nitrogens with zero attached hydrogens (tertiary/aromatic N) is 3. The number of aryl methyl sites for hydroxylation is 1. The number of rotatable bonds is 12. The zero-order valence-electron chi connectivity index (χ0n) is 20.4. The van der Waals surface area contributed by atoms with Crippen LogP contribution in [0.1, 0.15) is 29.7 Å². The van der Waals surface area contributed by atoms with Gasteiger partial charge in [0, 0.05) is 49.8 Å². The summed E-state index contributed by atoms with van der Waals surface area (Å²) in [6.45, 7) is 1.79. The average molecular weight is 500 g/mol. The van der Waals surface area contributed by atoms with E-state index in [0.717, 1.165) is 16.9 Å². The molecule has 0 spiro atoms. The molecule has 0 atom stereocenters. The first-order chi connectivity index (χ1) is 17.0. The Morgan fingerprint density at radius 3 is 2.49 bits per heavy atom. The lowest BCUT2D eigenvalue weighted by Gasteiger charge is -2.30. The Morgan fingerprint density at radius 2 is 1.89 bits per heavy atom. The number of pyridine rings is 1. The molecule has 0 N–H and O–H groups in total. The molecular weight excluding hydrogens is 470 g/mol. The van der Waals surface area contributed by atoms with Gasteiger partial charge in [-0.05, 0) is 55.7 Å². The normalized spacial score (nSPS) is 12.0. The van der Waals surface area contributed by atoms with Gasteiger partial charge >= 0.3 is 5.97 Å². The molecule has 0 amide bonds. The van der Waals surface area contributed by atoms with Gasteiger partial charge in [0.15, 0.2) is 6.61 Å². The Bertz CT molecular complexity index is 1140. The second kappa shape index (κ2) is 12.5. The fraction of sp³-hybridized carbons (Fsp3) is 0.346. The van der Waals surface area contributed by atoms with Gasteiger partial charge in [0.1, 0.15) is 5.75 Å². The van der Waals surface area contributed by atoms with Crippen LogP contribution < -0.4 is 4.74 Å². The molecule has 0 saturated heterocycles. The van der Waals surface area contributed by atoms with Gasteiger partial charge in [-0.1, -0.05) is 6.07 Å². The molecule has 2 heterocycles. The van der Waals surface area contributed by atoms with Crippen LogP contribution >= 0.6 is 11.6 Å². The molecule has 186 valence electrons. The molecule has 3 aromatic rings. The number of hydrogen-bond acceptors (Lipinski definition) is 7. The predicted octanol–water partition coefficient (Wildman–Crippen LogP) is 4.68. The number of imidazole rings is 1. The van der Waals surface area contributed by atoms with Crippen LogP contribution in [-0.4, -0.2) is 54.3 Å². The smallest absolute Gasteiger partial charge is 0.334 e. The summed E-state index contributed by atoms with van der Waals surface area (Å²) in [5.74, 6) is -0.652. The van der Waals surface area contributed by atoms with Crippen LogP contribution in [-0.2, 0) is 24.8 Å². The van der Waals surface area contributed by atoms with E-state index < -0.39 is 11.8 Å². The van der Waals surface area contributed by atoms with Crippen LogP contribution in [0.25, 0.3) is 11.8 Å². The van der Waals surface area contributed by atoms with Crippen molar-refractivity contribution in [2.24, 2.45) is 0 Å². The largest absolute Gasteiger partial charge is 0.495 e. The molecule has 0 fully saturated rings. The number of carbonyl (C=O) groups is 1. The maximum Gasteiger partial charge on any atom is 0.334 e. The molecule has 8 nitrogen and oxygen atoms in total. The van der Waals surface area contributed by atoms with Gasteiger partial charge in [-0.25, -0.2) is 9.78 Å². The zero-order chi connectivity index (χ0) is 25.3. The number of ether oxygens (including phenoxy) is 4. The number of methoxy groups -OCH3 is 3. The van der Waals surface area contributed by atoms with Gasteiger partial charge in [-0.3, -0.25) is 4.98 Å². The van der Waals surface area contributed by atoms with E-state index in [4.69, 9.17) is 30.5 Å². The van der Waals surface area contributed by atoms with E-state index in [9.17, 15) is 4.79 Å². The third-order valence-electron chi connectivity index (χ3n) is 5.55. The fourth-order valence-corrected chi connectivity index (χ4v) is 3.75. The molecule has 2 aromatic heterocycles. The van der Waals surface area contributed by atoms with E-state index in [1.54, 1.807) is 44.0 Å². The number of aromatic nitrogens is 3. The fourth-order valence-electron chi connectivity index (χ4n) is 3.62. The quantitative estimate of drug-likeness (QED) is 0.155.